The highest BCUT2D eigenvalue weighted by Crippen LogP contribution is 2.37. The lowest BCUT2D eigenvalue weighted by molar-refractivity contribution is 0.0730. The van der Waals surface area contributed by atoms with Gasteiger partial charge in [0.15, 0.2) is 0 Å². The number of aromatic nitrogens is 2. The lowest BCUT2D eigenvalue weighted by Crippen LogP contribution is -2.30. The Morgan fingerprint density at radius 2 is 2.08 bits per heavy atom. The SMILES string of the molecule is O=C(c1csc(-c2ccsc2)n1)N1CCCC1c1nc2ccccc2s1. The van der Waals surface area contributed by atoms with Gasteiger partial charge in [-0.25, -0.2) is 9.97 Å². The predicted octanol–water partition coefficient (Wildman–Crippen LogP) is 5.46. The highest BCUT2D eigenvalue weighted by atomic mass is 32.1. The van der Waals surface area contributed by atoms with E-state index in [4.69, 9.17) is 4.98 Å². The van der Waals surface area contributed by atoms with Crippen molar-refractivity contribution in [3.63, 3.8) is 0 Å². The number of likely N-dealkylation sites (tertiary alicyclic amines) is 1. The number of rotatable bonds is 3. The standard InChI is InChI=1S/C19H15N3OS3/c23-19(14-11-25-17(21-14)12-7-9-24-10-12)22-8-3-5-15(22)18-20-13-4-1-2-6-16(13)26-18/h1-2,4,6-7,9-11,15H,3,5,8H2. The molecule has 1 unspecified atom stereocenters. The second-order valence-electron chi connectivity index (χ2n) is 6.23. The van der Waals surface area contributed by atoms with Gasteiger partial charge >= 0.3 is 0 Å². The largest absolute Gasteiger partial charge is 0.328 e. The minimum atomic E-state index is 0.0180. The molecule has 130 valence electrons. The Morgan fingerprint density at radius 3 is 2.92 bits per heavy atom. The van der Waals surface area contributed by atoms with E-state index in [1.54, 1.807) is 22.7 Å². The molecule has 0 radical (unpaired) electrons. The zero-order valence-electron chi connectivity index (χ0n) is 13.8. The van der Waals surface area contributed by atoms with Crippen molar-refractivity contribution in [3.8, 4) is 10.6 Å². The Labute approximate surface area is 162 Å². The van der Waals surface area contributed by atoms with Gasteiger partial charge < -0.3 is 4.90 Å². The molecular weight excluding hydrogens is 382 g/mol. The Hall–Kier alpha value is -2.09. The zero-order valence-corrected chi connectivity index (χ0v) is 16.2. The van der Waals surface area contributed by atoms with Gasteiger partial charge in [0.1, 0.15) is 15.7 Å². The molecule has 1 saturated heterocycles. The van der Waals surface area contributed by atoms with Crippen molar-refractivity contribution < 1.29 is 4.79 Å². The van der Waals surface area contributed by atoms with Crippen LogP contribution in [-0.2, 0) is 0 Å². The van der Waals surface area contributed by atoms with Gasteiger partial charge in [0.05, 0.1) is 16.3 Å². The molecule has 3 aromatic heterocycles. The molecular formula is C19H15N3OS3. The molecule has 1 aromatic carbocycles. The number of fused-ring (bicyclic) bond motifs is 1. The molecule has 1 amide bonds. The Kier molecular flexibility index (Phi) is 4.07. The van der Waals surface area contributed by atoms with Crippen LogP contribution in [-0.4, -0.2) is 27.3 Å². The number of hydrogen-bond donors (Lipinski definition) is 0. The van der Waals surface area contributed by atoms with Crippen LogP contribution in [0.2, 0.25) is 0 Å². The molecule has 4 heterocycles. The first-order chi connectivity index (χ1) is 12.8. The maximum atomic E-state index is 13.1. The van der Waals surface area contributed by atoms with Crippen LogP contribution in [0.3, 0.4) is 0 Å². The molecule has 26 heavy (non-hydrogen) atoms. The Morgan fingerprint density at radius 1 is 1.15 bits per heavy atom. The zero-order chi connectivity index (χ0) is 17.5. The topological polar surface area (TPSA) is 46.1 Å². The van der Waals surface area contributed by atoms with Crippen LogP contribution in [0.15, 0.2) is 46.5 Å². The van der Waals surface area contributed by atoms with Crippen LogP contribution >= 0.6 is 34.0 Å². The van der Waals surface area contributed by atoms with Gasteiger partial charge in [0.2, 0.25) is 0 Å². The third-order valence-electron chi connectivity index (χ3n) is 4.60. The first-order valence-electron chi connectivity index (χ1n) is 8.44. The van der Waals surface area contributed by atoms with Crippen molar-refractivity contribution in [1.82, 2.24) is 14.9 Å². The van der Waals surface area contributed by atoms with Crippen LogP contribution in [0, 0.1) is 0 Å². The molecule has 1 aliphatic rings. The van der Waals surface area contributed by atoms with Gasteiger partial charge in [0.25, 0.3) is 5.91 Å². The van der Waals surface area contributed by atoms with E-state index in [9.17, 15) is 4.79 Å². The smallest absolute Gasteiger partial charge is 0.273 e. The summed E-state index contributed by atoms with van der Waals surface area (Å²) in [5.41, 5.74) is 2.65. The average Bonchev–Trinajstić information content (AvgIpc) is 3.47. The number of para-hydroxylation sites is 1. The van der Waals surface area contributed by atoms with E-state index in [0.717, 1.165) is 40.5 Å². The molecule has 4 aromatic rings. The number of amides is 1. The maximum Gasteiger partial charge on any atom is 0.273 e. The summed E-state index contributed by atoms with van der Waals surface area (Å²) in [7, 11) is 0. The molecule has 1 atom stereocenters. The predicted molar refractivity (Wildman–Crippen MR) is 108 cm³/mol. The summed E-state index contributed by atoms with van der Waals surface area (Å²) in [4.78, 5) is 24.4. The summed E-state index contributed by atoms with van der Waals surface area (Å²) < 4.78 is 1.18. The van der Waals surface area contributed by atoms with Crippen molar-refractivity contribution in [1.29, 1.82) is 0 Å². The first-order valence-corrected chi connectivity index (χ1v) is 11.1. The van der Waals surface area contributed by atoms with Gasteiger partial charge in [-0.15, -0.1) is 22.7 Å². The number of carbonyl (C=O) groups excluding carboxylic acids is 1. The van der Waals surface area contributed by atoms with Gasteiger partial charge in [-0.3, -0.25) is 4.79 Å². The molecule has 0 saturated carbocycles. The van der Waals surface area contributed by atoms with E-state index < -0.39 is 0 Å². The van der Waals surface area contributed by atoms with Crippen LogP contribution in [0.25, 0.3) is 20.8 Å². The van der Waals surface area contributed by atoms with E-state index in [-0.39, 0.29) is 11.9 Å². The summed E-state index contributed by atoms with van der Waals surface area (Å²) in [6, 6.07) is 10.3. The normalized spacial score (nSPS) is 17.2. The van der Waals surface area contributed by atoms with E-state index in [1.807, 2.05) is 39.9 Å². The lowest BCUT2D eigenvalue weighted by atomic mass is 10.2. The quantitative estimate of drug-likeness (QED) is 0.461. The Balaban J connectivity index is 1.44. The number of thiophene rings is 1. The fraction of sp³-hybridized carbons (Fsp3) is 0.211. The monoisotopic (exact) mass is 397 g/mol. The van der Waals surface area contributed by atoms with Crippen LogP contribution in [0.4, 0.5) is 0 Å². The minimum Gasteiger partial charge on any atom is -0.328 e. The number of carbonyl (C=O) groups is 1. The summed E-state index contributed by atoms with van der Waals surface area (Å²) in [5.74, 6) is 0.0180. The minimum absolute atomic E-state index is 0.0180. The van der Waals surface area contributed by atoms with Gasteiger partial charge in [0, 0.05) is 22.9 Å². The van der Waals surface area contributed by atoms with Crippen LogP contribution in [0.1, 0.15) is 34.4 Å². The molecule has 1 aliphatic heterocycles. The van der Waals surface area contributed by atoms with Crippen molar-refractivity contribution >= 4 is 50.1 Å². The summed E-state index contributed by atoms with van der Waals surface area (Å²) in [6.07, 6.45) is 1.97. The molecule has 7 heteroatoms. The molecule has 5 rings (SSSR count). The highest BCUT2D eigenvalue weighted by molar-refractivity contribution is 7.18. The average molecular weight is 398 g/mol. The molecule has 0 spiro atoms. The van der Waals surface area contributed by atoms with Crippen LogP contribution < -0.4 is 0 Å². The van der Waals surface area contributed by atoms with Crippen molar-refractivity contribution in [3.05, 3.63) is 57.2 Å². The third kappa shape index (κ3) is 2.76. The molecule has 4 nitrogen and oxygen atoms in total. The molecule has 0 aliphatic carbocycles. The van der Waals surface area contributed by atoms with Gasteiger partial charge in [-0.1, -0.05) is 12.1 Å². The van der Waals surface area contributed by atoms with E-state index >= 15 is 0 Å². The third-order valence-corrected chi connectivity index (χ3v) is 7.31. The van der Waals surface area contributed by atoms with E-state index in [2.05, 4.69) is 16.4 Å². The first kappa shape index (κ1) is 16.1. The van der Waals surface area contributed by atoms with Crippen molar-refractivity contribution in [2.24, 2.45) is 0 Å². The number of hydrogen-bond acceptors (Lipinski definition) is 6. The van der Waals surface area contributed by atoms with Crippen LogP contribution in [0.5, 0.6) is 0 Å². The second-order valence-corrected chi connectivity index (χ2v) is 8.93. The molecule has 0 N–H and O–H groups in total. The Bertz CT molecular complexity index is 1030. The van der Waals surface area contributed by atoms with Gasteiger partial charge in [-0.2, -0.15) is 11.3 Å². The maximum absolute atomic E-state index is 13.1. The van der Waals surface area contributed by atoms with E-state index in [0.29, 0.717) is 5.69 Å². The fourth-order valence-electron chi connectivity index (χ4n) is 3.34. The highest BCUT2D eigenvalue weighted by Gasteiger charge is 2.33. The number of thiazole rings is 2. The lowest BCUT2D eigenvalue weighted by Gasteiger charge is -2.22. The van der Waals surface area contributed by atoms with Crippen molar-refractivity contribution in [2.45, 2.75) is 18.9 Å². The summed E-state index contributed by atoms with van der Waals surface area (Å²) >= 11 is 4.86. The number of nitrogens with zero attached hydrogens (tertiary/aromatic N) is 3. The second kappa shape index (κ2) is 6.57. The van der Waals surface area contributed by atoms with Crippen molar-refractivity contribution in [2.75, 3.05) is 6.54 Å². The summed E-state index contributed by atoms with van der Waals surface area (Å²) in [6.45, 7) is 0.769. The molecule has 0 bridgehead atoms. The fourth-order valence-corrected chi connectivity index (χ4v) is 5.96. The number of benzene rings is 1. The van der Waals surface area contributed by atoms with Gasteiger partial charge in [-0.05, 0) is 36.4 Å². The summed E-state index contributed by atoms with van der Waals surface area (Å²) in [5, 5.41) is 7.91. The molecule has 1 fully saturated rings. The van der Waals surface area contributed by atoms with E-state index in [1.165, 1.54) is 16.0 Å².